The van der Waals surface area contributed by atoms with Gasteiger partial charge in [-0.2, -0.15) is 0 Å². The minimum absolute atomic E-state index is 0.0212. The van der Waals surface area contributed by atoms with E-state index in [2.05, 4.69) is 4.98 Å². The standard InChI is InChI=1S/C21H17N3O4S/c1-2-29(27,28)19-13-18(24(25)26)10-8-16(19)12-17-9-7-15-6-5-14-4-3-11-22-20(14)21(15)23-17/h3-11,13H,2,12H2,1H3. The fourth-order valence-electron chi connectivity index (χ4n) is 3.31. The Morgan fingerprint density at radius 1 is 1.00 bits per heavy atom. The molecule has 0 aliphatic rings. The van der Waals surface area contributed by atoms with Crippen LogP contribution in [0.3, 0.4) is 0 Å². The van der Waals surface area contributed by atoms with E-state index in [9.17, 15) is 18.5 Å². The summed E-state index contributed by atoms with van der Waals surface area (Å²) in [6.07, 6.45) is 1.95. The van der Waals surface area contributed by atoms with Crippen molar-refractivity contribution in [2.24, 2.45) is 0 Å². The maximum absolute atomic E-state index is 12.5. The first-order valence-corrected chi connectivity index (χ1v) is 10.7. The number of aromatic nitrogens is 2. The molecule has 2 aromatic carbocycles. The van der Waals surface area contributed by atoms with Crippen molar-refractivity contribution < 1.29 is 13.3 Å². The highest BCUT2D eigenvalue weighted by molar-refractivity contribution is 7.91. The molecule has 0 fully saturated rings. The number of pyridine rings is 2. The van der Waals surface area contributed by atoms with Crippen LogP contribution in [0.4, 0.5) is 5.69 Å². The average Bonchev–Trinajstić information content (AvgIpc) is 2.73. The molecular formula is C21H17N3O4S. The molecule has 8 heteroatoms. The van der Waals surface area contributed by atoms with Gasteiger partial charge in [0.1, 0.15) is 0 Å². The summed E-state index contributed by atoms with van der Waals surface area (Å²) in [5.41, 5.74) is 2.41. The third-order valence-corrected chi connectivity index (χ3v) is 6.65. The van der Waals surface area contributed by atoms with Gasteiger partial charge in [0.25, 0.3) is 5.69 Å². The van der Waals surface area contributed by atoms with Crippen LogP contribution in [0.15, 0.2) is 65.7 Å². The van der Waals surface area contributed by atoms with E-state index in [1.807, 2.05) is 36.4 Å². The van der Waals surface area contributed by atoms with Crippen molar-refractivity contribution in [3.8, 4) is 0 Å². The summed E-state index contributed by atoms with van der Waals surface area (Å²) in [6.45, 7) is 1.52. The number of nitro groups is 1. The molecule has 0 N–H and O–H groups in total. The summed E-state index contributed by atoms with van der Waals surface area (Å²) in [5.74, 6) is -0.138. The van der Waals surface area contributed by atoms with Gasteiger partial charge in [-0.1, -0.05) is 37.3 Å². The summed E-state index contributed by atoms with van der Waals surface area (Å²) in [4.78, 5) is 19.6. The van der Waals surface area contributed by atoms with E-state index in [-0.39, 0.29) is 22.8 Å². The second-order valence-electron chi connectivity index (χ2n) is 6.64. The normalized spacial score (nSPS) is 11.8. The van der Waals surface area contributed by atoms with E-state index in [0.717, 1.165) is 27.9 Å². The maximum atomic E-state index is 12.5. The molecule has 0 radical (unpaired) electrons. The minimum atomic E-state index is -3.63. The molecule has 0 bridgehead atoms. The van der Waals surface area contributed by atoms with Crippen molar-refractivity contribution in [2.75, 3.05) is 5.75 Å². The van der Waals surface area contributed by atoms with Gasteiger partial charge >= 0.3 is 0 Å². The third kappa shape index (κ3) is 3.54. The van der Waals surface area contributed by atoms with Crippen LogP contribution in [0, 0.1) is 10.1 Å². The highest BCUT2D eigenvalue weighted by Crippen LogP contribution is 2.27. The zero-order chi connectivity index (χ0) is 20.6. The first kappa shape index (κ1) is 18.9. The molecule has 0 aliphatic carbocycles. The van der Waals surface area contributed by atoms with E-state index in [4.69, 9.17) is 4.98 Å². The molecule has 0 saturated heterocycles. The Bertz CT molecular complexity index is 1370. The largest absolute Gasteiger partial charge is 0.270 e. The topological polar surface area (TPSA) is 103 Å². The molecule has 29 heavy (non-hydrogen) atoms. The Morgan fingerprint density at radius 3 is 2.45 bits per heavy atom. The molecule has 0 amide bonds. The quantitative estimate of drug-likeness (QED) is 0.281. The van der Waals surface area contributed by atoms with Crippen molar-refractivity contribution in [1.29, 1.82) is 0 Å². The lowest BCUT2D eigenvalue weighted by atomic mass is 10.1. The van der Waals surface area contributed by atoms with Crippen LogP contribution in [0.2, 0.25) is 0 Å². The van der Waals surface area contributed by atoms with Crippen LogP contribution < -0.4 is 0 Å². The summed E-state index contributed by atoms with van der Waals surface area (Å²) in [5, 5.41) is 13.0. The van der Waals surface area contributed by atoms with Crippen LogP contribution in [0.1, 0.15) is 18.2 Å². The molecule has 146 valence electrons. The minimum Gasteiger partial charge on any atom is -0.258 e. The Kier molecular flexibility index (Phi) is 4.71. The summed E-state index contributed by atoms with van der Waals surface area (Å²) >= 11 is 0. The van der Waals surface area contributed by atoms with Crippen molar-refractivity contribution in [3.05, 3.63) is 82.2 Å². The number of hydrogen-bond acceptors (Lipinski definition) is 6. The monoisotopic (exact) mass is 407 g/mol. The highest BCUT2D eigenvalue weighted by Gasteiger charge is 2.21. The fraction of sp³-hybridized carbons (Fsp3) is 0.143. The third-order valence-electron chi connectivity index (χ3n) is 4.84. The second kappa shape index (κ2) is 7.21. The van der Waals surface area contributed by atoms with Crippen LogP contribution in [0.25, 0.3) is 21.8 Å². The van der Waals surface area contributed by atoms with Gasteiger partial charge in [0.15, 0.2) is 9.84 Å². The first-order chi connectivity index (χ1) is 13.9. The van der Waals surface area contributed by atoms with Gasteiger partial charge in [-0.05, 0) is 17.7 Å². The molecule has 0 aliphatic heterocycles. The number of hydrogen-bond donors (Lipinski definition) is 0. The average molecular weight is 407 g/mol. The van der Waals surface area contributed by atoms with Crippen molar-refractivity contribution in [1.82, 2.24) is 9.97 Å². The number of fused-ring (bicyclic) bond motifs is 3. The lowest BCUT2D eigenvalue weighted by Gasteiger charge is -2.10. The fourth-order valence-corrected chi connectivity index (χ4v) is 4.46. The molecule has 0 spiro atoms. The number of nitro benzene ring substituents is 1. The van der Waals surface area contributed by atoms with Crippen molar-refractivity contribution in [2.45, 2.75) is 18.2 Å². The number of sulfone groups is 1. The number of nitrogens with zero attached hydrogens (tertiary/aromatic N) is 3. The molecule has 2 heterocycles. The van der Waals surface area contributed by atoms with Gasteiger partial charge in [0.05, 0.1) is 26.6 Å². The molecule has 4 rings (SSSR count). The lowest BCUT2D eigenvalue weighted by molar-refractivity contribution is -0.385. The number of rotatable bonds is 5. The molecule has 0 saturated carbocycles. The van der Waals surface area contributed by atoms with Crippen LogP contribution in [0.5, 0.6) is 0 Å². The Morgan fingerprint density at radius 2 is 1.72 bits per heavy atom. The zero-order valence-electron chi connectivity index (χ0n) is 15.6. The smallest absolute Gasteiger partial charge is 0.258 e. The maximum Gasteiger partial charge on any atom is 0.270 e. The molecule has 2 aromatic heterocycles. The molecule has 4 aromatic rings. The van der Waals surface area contributed by atoms with E-state index in [0.29, 0.717) is 11.3 Å². The predicted molar refractivity (Wildman–Crippen MR) is 111 cm³/mol. The van der Waals surface area contributed by atoms with E-state index < -0.39 is 14.8 Å². The molecular weight excluding hydrogens is 390 g/mol. The van der Waals surface area contributed by atoms with E-state index in [1.165, 1.54) is 19.1 Å². The Balaban J connectivity index is 1.84. The highest BCUT2D eigenvalue weighted by atomic mass is 32.2. The molecule has 0 unspecified atom stereocenters. The van der Waals surface area contributed by atoms with Gasteiger partial charge in [-0.15, -0.1) is 0 Å². The van der Waals surface area contributed by atoms with Gasteiger partial charge in [0.2, 0.25) is 0 Å². The van der Waals surface area contributed by atoms with Crippen molar-refractivity contribution >= 4 is 37.3 Å². The van der Waals surface area contributed by atoms with Gasteiger partial charge < -0.3 is 0 Å². The Hall–Kier alpha value is -3.39. The first-order valence-electron chi connectivity index (χ1n) is 9.02. The Labute approximate surface area is 167 Å². The summed E-state index contributed by atoms with van der Waals surface area (Å²) < 4.78 is 25.0. The van der Waals surface area contributed by atoms with Crippen LogP contribution in [-0.2, 0) is 16.3 Å². The summed E-state index contributed by atoms with van der Waals surface area (Å²) in [6, 6.07) is 15.5. The number of benzene rings is 2. The zero-order valence-corrected chi connectivity index (χ0v) is 16.4. The van der Waals surface area contributed by atoms with Crippen molar-refractivity contribution in [3.63, 3.8) is 0 Å². The lowest BCUT2D eigenvalue weighted by Crippen LogP contribution is -2.09. The molecule has 7 nitrogen and oxygen atoms in total. The van der Waals surface area contributed by atoms with Crippen LogP contribution in [-0.4, -0.2) is 29.1 Å². The van der Waals surface area contributed by atoms with Gasteiger partial charge in [0, 0.05) is 41.2 Å². The number of non-ortho nitro benzene ring substituents is 1. The van der Waals surface area contributed by atoms with E-state index in [1.54, 1.807) is 6.20 Å². The predicted octanol–water partition coefficient (Wildman–Crippen LogP) is 4.08. The van der Waals surface area contributed by atoms with Gasteiger partial charge in [-0.3, -0.25) is 20.1 Å². The summed E-state index contributed by atoms with van der Waals surface area (Å²) in [7, 11) is -3.63. The molecule has 0 atom stereocenters. The van der Waals surface area contributed by atoms with Gasteiger partial charge in [-0.25, -0.2) is 8.42 Å². The second-order valence-corrected chi connectivity index (χ2v) is 8.89. The van der Waals surface area contributed by atoms with Crippen LogP contribution >= 0.6 is 0 Å². The SMILES string of the molecule is CCS(=O)(=O)c1cc([N+](=O)[O-])ccc1Cc1ccc2ccc3cccnc3c2n1. The van der Waals surface area contributed by atoms with E-state index >= 15 is 0 Å².